The molecule has 2 rings (SSSR count). The summed E-state index contributed by atoms with van der Waals surface area (Å²) in [5, 5.41) is 0. The first kappa shape index (κ1) is 10.6. The molecule has 0 fully saturated rings. The summed E-state index contributed by atoms with van der Waals surface area (Å²) in [7, 11) is 1.66. The van der Waals surface area contributed by atoms with Gasteiger partial charge in [0.05, 0.1) is 12.8 Å². The number of hydrogen-bond acceptors (Lipinski definition) is 3. The number of benzene rings is 1. The average Bonchev–Trinajstić information content (AvgIpc) is 2.38. The van der Waals surface area contributed by atoms with Gasteiger partial charge >= 0.3 is 0 Å². The molecular weight excluding hydrogens is 200 g/mol. The Morgan fingerprint density at radius 2 is 2.12 bits per heavy atom. The van der Waals surface area contributed by atoms with Crippen LogP contribution in [0.1, 0.15) is 12.5 Å². The van der Waals surface area contributed by atoms with Gasteiger partial charge in [-0.15, -0.1) is 0 Å². The average molecular weight is 213 g/mol. The Labute approximate surface area is 95.1 Å². The van der Waals surface area contributed by atoms with Crippen LogP contribution >= 0.6 is 0 Å². The van der Waals surface area contributed by atoms with Crippen LogP contribution < -0.4 is 4.74 Å². The van der Waals surface area contributed by atoms with Crippen molar-refractivity contribution in [2.24, 2.45) is 0 Å². The van der Waals surface area contributed by atoms with Gasteiger partial charge in [0.1, 0.15) is 5.75 Å². The summed E-state index contributed by atoms with van der Waals surface area (Å²) >= 11 is 0. The summed E-state index contributed by atoms with van der Waals surface area (Å²) < 4.78 is 5.32. The zero-order valence-electron chi connectivity index (χ0n) is 9.40. The molecule has 0 unspecified atom stereocenters. The first-order valence-electron chi connectivity index (χ1n) is 5.22. The van der Waals surface area contributed by atoms with Crippen molar-refractivity contribution in [3.63, 3.8) is 0 Å². The van der Waals surface area contributed by atoms with Crippen molar-refractivity contribution in [2.45, 2.75) is 13.3 Å². The van der Waals surface area contributed by atoms with Gasteiger partial charge in [-0.3, -0.25) is 0 Å². The van der Waals surface area contributed by atoms with Crippen LogP contribution in [0.2, 0.25) is 0 Å². The summed E-state index contributed by atoms with van der Waals surface area (Å²) in [6.07, 6.45) is 5.32. The van der Waals surface area contributed by atoms with Gasteiger partial charge in [0.15, 0.2) is 6.33 Å². The van der Waals surface area contributed by atoms with Crippen molar-refractivity contribution in [1.82, 2.24) is 9.97 Å². The molecular formula is C13H13N2O. The molecule has 0 aliphatic heterocycles. The predicted octanol–water partition coefficient (Wildman–Crippen LogP) is 2.51. The zero-order chi connectivity index (χ0) is 11.4. The molecule has 1 heterocycles. The number of para-hydroxylation sites is 1. The van der Waals surface area contributed by atoms with Crippen molar-refractivity contribution >= 4 is 0 Å². The van der Waals surface area contributed by atoms with E-state index in [1.165, 1.54) is 0 Å². The van der Waals surface area contributed by atoms with E-state index >= 15 is 0 Å². The molecule has 1 radical (unpaired) electrons. The number of rotatable bonds is 3. The normalized spacial score (nSPS) is 10.1. The van der Waals surface area contributed by atoms with Crippen LogP contribution in [0, 0.1) is 6.33 Å². The first-order chi connectivity index (χ1) is 7.86. The van der Waals surface area contributed by atoms with Gasteiger partial charge in [-0.25, -0.2) is 9.97 Å². The maximum atomic E-state index is 5.32. The summed E-state index contributed by atoms with van der Waals surface area (Å²) in [6.45, 7) is 2.08. The maximum Gasteiger partial charge on any atom is 0.198 e. The number of hydrogen-bond donors (Lipinski definition) is 0. The second-order valence-corrected chi connectivity index (χ2v) is 3.40. The highest BCUT2D eigenvalue weighted by molar-refractivity contribution is 5.69. The third-order valence-electron chi connectivity index (χ3n) is 2.49. The SMILES string of the molecule is CCc1cn[c]nc1-c1ccccc1OC. The molecule has 0 spiro atoms. The minimum atomic E-state index is 0.823. The van der Waals surface area contributed by atoms with Crippen molar-refractivity contribution in [2.75, 3.05) is 7.11 Å². The molecule has 0 saturated carbocycles. The molecule has 0 atom stereocenters. The highest BCUT2D eigenvalue weighted by Gasteiger charge is 2.09. The highest BCUT2D eigenvalue weighted by atomic mass is 16.5. The Kier molecular flexibility index (Phi) is 3.15. The molecule has 0 amide bonds. The van der Waals surface area contributed by atoms with E-state index in [1.54, 1.807) is 13.3 Å². The van der Waals surface area contributed by atoms with E-state index in [0.29, 0.717) is 0 Å². The fourth-order valence-electron chi connectivity index (χ4n) is 1.65. The minimum Gasteiger partial charge on any atom is -0.496 e. The topological polar surface area (TPSA) is 35.0 Å². The summed E-state index contributed by atoms with van der Waals surface area (Å²) in [6, 6.07) is 7.84. The van der Waals surface area contributed by atoms with E-state index in [1.807, 2.05) is 24.3 Å². The third kappa shape index (κ3) is 1.89. The van der Waals surface area contributed by atoms with Crippen molar-refractivity contribution < 1.29 is 4.74 Å². The number of aromatic nitrogens is 2. The largest absolute Gasteiger partial charge is 0.496 e. The van der Waals surface area contributed by atoms with E-state index in [9.17, 15) is 0 Å². The lowest BCUT2D eigenvalue weighted by molar-refractivity contribution is 0.416. The molecule has 1 aromatic carbocycles. The Morgan fingerprint density at radius 1 is 1.31 bits per heavy atom. The van der Waals surface area contributed by atoms with Crippen molar-refractivity contribution in [3.05, 3.63) is 42.4 Å². The van der Waals surface area contributed by atoms with Crippen molar-refractivity contribution in [1.29, 1.82) is 0 Å². The quantitative estimate of drug-likeness (QED) is 0.785. The summed E-state index contributed by atoms with van der Waals surface area (Å²) in [5.41, 5.74) is 2.98. The fraction of sp³-hybridized carbons (Fsp3) is 0.231. The van der Waals surface area contributed by atoms with Crippen LogP contribution in [0.25, 0.3) is 11.3 Å². The van der Waals surface area contributed by atoms with Gasteiger partial charge in [-0.05, 0) is 24.1 Å². The van der Waals surface area contributed by atoms with Crippen LogP contribution in [0.4, 0.5) is 0 Å². The molecule has 3 heteroatoms. The Balaban J connectivity index is 2.58. The summed E-state index contributed by atoms with van der Waals surface area (Å²) in [4.78, 5) is 8.13. The van der Waals surface area contributed by atoms with E-state index in [0.717, 1.165) is 29.0 Å². The second kappa shape index (κ2) is 4.75. The molecule has 2 aromatic rings. The summed E-state index contributed by atoms with van der Waals surface area (Å²) in [5.74, 6) is 0.823. The predicted molar refractivity (Wildman–Crippen MR) is 62.2 cm³/mol. The number of ether oxygens (including phenoxy) is 1. The number of aryl methyl sites for hydroxylation is 1. The van der Waals surface area contributed by atoms with Crippen LogP contribution in [0.5, 0.6) is 5.75 Å². The molecule has 1 aromatic heterocycles. The molecule has 0 N–H and O–H groups in total. The van der Waals surface area contributed by atoms with E-state index < -0.39 is 0 Å². The second-order valence-electron chi connectivity index (χ2n) is 3.40. The Hall–Kier alpha value is -1.90. The van der Waals surface area contributed by atoms with Crippen LogP contribution in [-0.2, 0) is 6.42 Å². The van der Waals surface area contributed by atoms with E-state index in [4.69, 9.17) is 4.74 Å². The Bertz CT molecular complexity index is 437. The smallest absolute Gasteiger partial charge is 0.198 e. The monoisotopic (exact) mass is 213 g/mol. The molecule has 0 saturated heterocycles. The van der Waals surface area contributed by atoms with Gasteiger partial charge in [0.25, 0.3) is 0 Å². The molecule has 3 nitrogen and oxygen atoms in total. The Morgan fingerprint density at radius 3 is 2.88 bits per heavy atom. The van der Waals surface area contributed by atoms with E-state index in [-0.39, 0.29) is 0 Å². The van der Waals surface area contributed by atoms with Gasteiger partial charge in [-0.2, -0.15) is 0 Å². The first-order valence-corrected chi connectivity index (χ1v) is 5.22. The standard InChI is InChI=1S/C13H13N2O/c1-3-10-8-14-9-15-13(10)11-6-4-5-7-12(11)16-2/h4-8H,3H2,1-2H3. The van der Waals surface area contributed by atoms with Gasteiger partial charge in [0, 0.05) is 11.8 Å². The highest BCUT2D eigenvalue weighted by Crippen LogP contribution is 2.29. The molecule has 0 bridgehead atoms. The molecule has 16 heavy (non-hydrogen) atoms. The molecule has 0 aliphatic carbocycles. The third-order valence-corrected chi connectivity index (χ3v) is 2.49. The van der Waals surface area contributed by atoms with Gasteiger partial charge in [0.2, 0.25) is 0 Å². The minimum absolute atomic E-state index is 0.823. The number of methoxy groups -OCH3 is 1. The van der Waals surface area contributed by atoms with Crippen LogP contribution in [0.3, 0.4) is 0 Å². The van der Waals surface area contributed by atoms with Gasteiger partial charge in [-0.1, -0.05) is 19.1 Å². The lowest BCUT2D eigenvalue weighted by Gasteiger charge is -2.09. The molecule has 81 valence electrons. The number of nitrogens with zero attached hydrogens (tertiary/aromatic N) is 2. The molecule has 0 aliphatic rings. The lowest BCUT2D eigenvalue weighted by Crippen LogP contribution is -1.95. The lowest BCUT2D eigenvalue weighted by atomic mass is 10.0. The van der Waals surface area contributed by atoms with Gasteiger partial charge < -0.3 is 4.74 Å². The van der Waals surface area contributed by atoms with Crippen molar-refractivity contribution in [3.8, 4) is 17.0 Å². The fourth-order valence-corrected chi connectivity index (χ4v) is 1.65. The van der Waals surface area contributed by atoms with Crippen LogP contribution in [0.15, 0.2) is 30.5 Å². The van der Waals surface area contributed by atoms with Crippen LogP contribution in [-0.4, -0.2) is 17.1 Å². The zero-order valence-corrected chi connectivity index (χ0v) is 9.40. The maximum absolute atomic E-state index is 5.32. The van der Waals surface area contributed by atoms with E-state index in [2.05, 4.69) is 23.2 Å².